The molecule has 8 nitrogen and oxygen atoms in total. The number of carbonyl (C=O) groups excluding carboxylic acids is 1. The molecule has 2 heterocycles. The molecule has 1 amide bonds. The number of amides is 1. The summed E-state index contributed by atoms with van der Waals surface area (Å²) in [5.41, 5.74) is 3.56. The van der Waals surface area contributed by atoms with E-state index in [2.05, 4.69) is 29.2 Å². The maximum absolute atomic E-state index is 13.2. The van der Waals surface area contributed by atoms with Crippen LogP contribution in [0.4, 0.5) is 10.6 Å². The first-order chi connectivity index (χ1) is 18.2. The molecule has 0 saturated heterocycles. The quantitative estimate of drug-likeness (QED) is 0.181. The van der Waals surface area contributed by atoms with E-state index in [1.54, 1.807) is 11.0 Å². The van der Waals surface area contributed by atoms with Crippen molar-refractivity contribution in [3.8, 4) is 0 Å². The second kappa shape index (κ2) is 11.8. The van der Waals surface area contributed by atoms with Gasteiger partial charge in [0, 0.05) is 25.3 Å². The first kappa shape index (κ1) is 27.4. The van der Waals surface area contributed by atoms with Crippen LogP contribution in [0.15, 0.2) is 67.0 Å². The molecule has 4 aromatic rings. The van der Waals surface area contributed by atoms with Crippen molar-refractivity contribution >= 4 is 34.5 Å². The Bertz CT molecular complexity index is 1330. The number of nitrogens with zero attached hydrogens (tertiary/aromatic N) is 5. The van der Waals surface area contributed by atoms with E-state index in [0.717, 1.165) is 11.1 Å². The van der Waals surface area contributed by atoms with Crippen LogP contribution in [0.2, 0.25) is 5.15 Å². The summed E-state index contributed by atoms with van der Waals surface area (Å²) in [5, 5.41) is 1.72. The molecule has 0 saturated carbocycles. The minimum Gasteiger partial charge on any atom is -0.442 e. The van der Waals surface area contributed by atoms with Crippen LogP contribution >= 0.6 is 11.6 Å². The first-order valence-electron chi connectivity index (χ1n) is 12.6. The van der Waals surface area contributed by atoms with Crippen LogP contribution in [-0.2, 0) is 22.6 Å². The van der Waals surface area contributed by atoms with E-state index in [1.807, 2.05) is 71.0 Å². The molecule has 0 atom stereocenters. The summed E-state index contributed by atoms with van der Waals surface area (Å²) in [6, 6.07) is 20.4. The molecular weight excluding hydrogens is 502 g/mol. The van der Waals surface area contributed by atoms with Gasteiger partial charge in [-0.05, 0) is 45.7 Å². The number of carbonyl (C=O) groups is 1. The van der Waals surface area contributed by atoms with Crippen LogP contribution in [-0.4, -0.2) is 39.7 Å². The molecule has 0 aliphatic carbocycles. The maximum Gasteiger partial charge on any atom is 0.431 e. The number of aromatic nitrogens is 3. The number of aryl methyl sites for hydroxylation is 1. The molecule has 200 valence electrons. The van der Waals surface area contributed by atoms with Gasteiger partial charge in [-0.25, -0.2) is 19.4 Å². The van der Waals surface area contributed by atoms with Crippen molar-refractivity contribution in [1.29, 1.82) is 0 Å². The van der Waals surface area contributed by atoms with Gasteiger partial charge in [-0.3, -0.25) is 0 Å². The number of anilines is 1. The van der Waals surface area contributed by atoms with Crippen molar-refractivity contribution in [2.45, 2.75) is 53.3 Å². The number of benzene rings is 2. The van der Waals surface area contributed by atoms with Gasteiger partial charge < -0.3 is 14.4 Å². The van der Waals surface area contributed by atoms with Gasteiger partial charge in [0.25, 0.3) is 0 Å². The van der Waals surface area contributed by atoms with Gasteiger partial charge in [-0.2, -0.15) is 5.01 Å². The molecule has 2 aromatic carbocycles. The number of hydrogen-bond donors (Lipinski definition) is 0. The van der Waals surface area contributed by atoms with Crippen LogP contribution in [0.1, 0.15) is 44.4 Å². The average molecular weight is 536 g/mol. The van der Waals surface area contributed by atoms with E-state index >= 15 is 0 Å². The Morgan fingerprint density at radius 1 is 1.00 bits per heavy atom. The van der Waals surface area contributed by atoms with Crippen LogP contribution in [0.3, 0.4) is 0 Å². The molecule has 0 unspecified atom stereocenters. The molecule has 2 aromatic heterocycles. The third-order valence-corrected chi connectivity index (χ3v) is 6.21. The lowest BCUT2D eigenvalue weighted by Crippen LogP contribution is -2.45. The summed E-state index contributed by atoms with van der Waals surface area (Å²) in [5.74, 6) is 0.627. The summed E-state index contributed by atoms with van der Waals surface area (Å²) in [7, 11) is 0. The number of pyridine rings is 1. The molecule has 0 fully saturated rings. The van der Waals surface area contributed by atoms with E-state index in [1.165, 1.54) is 5.01 Å². The van der Waals surface area contributed by atoms with Crippen molar-refractivity contribution in [3.05, 3.63) is 88.8 Å². The number of ether oxygens (including phenoxy) is 2. The highest BCUT2D eigenvalue weighted by Crippen LogP contribution is 2.33. The van der Waals surface area contributed by atoms with E-state index in [9.17, 15) is 4.79 Å². The lowest BCUT2D eigenvalue weighted by atomic mass is 10.1. The fourth-order valence-corrected chi connectivity index (χ4v) is 4.26. The molecular formula is C29H34ClN5O3. The lowest BCUT2D eigenvalue weighted by molar-refractivity contribution is 0.0430. The predicted molar refractivity (Wildman–Crippen MR) is 151 cm³/mol. The summed E-state index contributed by atoms with van der Waals surface area (Å²) in [6.07, 6.45) is 1.04. The molecule has 0 aliphatic rings. The number of rotatable bonds is 9. The average Bonchev–Trinajstić information content (AvgIpc) is 3.31. The van der Waals surface area contributed by atoms with Crippen molar-refractivity contribution in [1.82, 2.24) is 14.6 Å². The Labute approximate surface area is 228 Å². The normalized spacial score (nSPS) is 11.5. The second-order valence-corrected chi connectivity index (χ2v) is 10.3. The van der Waals surface area contributed by atoms with Crippen molar-refractivity contribution in [2.75, 3.05) is 23.2 Å². The highest BCUT2D eigenvalue weighted by molar-refractivity contribution is 6.31. The monoisotopic (exact) mass is 535 g/mol. The number of fused-ring (bicyclic) bond motifs is 1. The first-order valence-corrected chi connectivity index (χ1v) is 13.0. The molecule has 0 bridgehead atoms. The Hall–Kier alpha value is -3.62. The topological polar surface area (TPSA) is 72.7 Å². The molecule has 0 aliphatic heterocycles. The Balaban J connectivity index is 1.84. The van der Waals surface area contributed by atoms with Crippen LogP contribution in [0.5, 0.6) is 0 Å². The smallest absolute Gasteiger partial charge is 0.431 e. The zero-order chi connectivity index (χ0) is 27.3. The van der Waals surface area contributed by atoms with Crippen LogP contribution in [0, 0.1) is 6.92 Å². The summed E-state index contributed by atoms with van der Waals surface area (Å²) >= 11 is 6.72. The third-order valence-electron chi connectivity index (χ3n) is 5.84. The largest absolute Gasteiger partial charge is 0.442 e. The van der Waals surface area contributed by atoms with Crippen molar-refractivity contribution < 1.29 is 14.3 Å². The molecule has 0 spiro atoms. The number of hydrogen-bond acceptors (Lipinski definition) is 6. The highest BCUT2D eigenvalue weighted by Gasteiger charge is 2.28. The van der Waals surface area contributed by atoms with E-state index in [0.29, 0.717) is 47.3 Å². The zero-order valence-electron chi connectivity index (χ0n) is 22.5. The highest BCUT2D eigenvalue weighted by atomic mass is 35.5. The zero-order valence-corrected chi connectivity index (χ0v) is 23.3. The summed E-state index contributed by atoms with van der Waals surface area (Å²) in [4.78, 5) is 24.9. The Morgan fingerprint density at radius 3 is 2.11 bits per heavy atom. The van der Waals surface area contributed by atoms with Gasteiger partial charge in [0.2, 0.25) is 0 Å². The fourth-order valence-electron chi connectivity index (χ4n) is 4.09. The predicted octanol–water partition coefficient (Wildman–Crippen LogP) is 6.47. The van der Waals surface area contributed by atoms with E-state index < -0.39 is 11.7 Å². The summed E-state index contributed by atoms with van der Waals surface area (Å²) in [6.45, 7) is 10.8. The van der Waals surface area contributed by atoms with Crippen LogP contribution in [0.25, 0.3) is 11.0 Å². The van der Waals surface area contributed by atoms with Gasteiger partial charge in [0.1, 0.15) is 34.8 Å². The van der Waals surface area contributed by atoms with E-state index in [4.69, 9.17) is 31.0 Å². The lowest BCUT2D eigenvalue weighted by Gasteiger charge is -2.28. The Morgan fingerprint density at radius 2 is 1.58 bits per heavy atom. The van der Waals surface area contributed by atoms with Gasteiger partial charge in [-0.15, -0.1) is 0 Å². The van der Waals surface area contributed by atoms with Crippen LogP contribution < -0.4 is 9.91 Å². The minimum atomic E-state index is -0.681. The minimum absolute atomic E-state index is 0.0106. The fraction of sp³-hybridized carbons (Fsp3) is 0.345. The molecule has 4 rings (SSSR count). The third kappa shape index (κ3) is 6.44. The molecule has 0 N–H and O–H groups in total. The van der Waals surface area contributed by atoms with Crippen molar-refractivity contribution in [2.24, 2.45) is 0 Å². The second-order valence-electron chi connectivity index (χ2n) is 9.97. The molecule has 38 heavy (non-hydrogen) atoms. The molecule has 9 heteroatoms. The number of halogens is 1. The molecule has 0 radical (unpaired) electrons. The van der Waals surface area contributed by atoms with Gasteiger partial charge >= 0.3 is 6.09 Å². The van der Waals surface area contributed by atoms with Crippen molar-refractivity contribution in [3.63, 3.8) is 0 Å². The Kier molecular flexibility index (Phi) is 8.54. The van der Waals surface area contributed by atoms with Gasteiger partial charge in [-0.1, -0.05) is 72.3 Å². The standard InChI is InChI=1S/C29H34ClN5O3/c1-6-37-20-35(28(36)38-29(3,4)5)34-19-31-24-25(34)21(2)26(30)32-27(24)33(17-22-13-9-7-10-14-22)18-23-15-11-8-12-16-23/h7-16,19H,6,17-18,20H2,1-5H3. The van der Waals surface area contributed by atoms with E-state index in [-0.39, 0.29) is 6.73 Å². The maximum atomic E-state index is 13.2. The SMILES string of the molecule is CCOCN(C(=O)OC(C)(C)C)n1cnc2c(N(Cc3ccccc3)Cc3ccccc3)nc(Cl)c(C)c21. The van der Waals surface area contributed by atoms with Gasteiger partial charge in [0.15, 0.2) is 5.82 Å². The van der Waals surface area contributed by atoms with Gasteiger partial charge in [0.05, 0.1) is 0 Å². The number of imidazole rings is 1. The summed E-state index contributed by atoms with van der Waals surface area (Å²) < 4.78 is 12.9.